The van der Waals surface area contributed by atoms with Crippen molar-refractivity contribution in [2.75, 3.05) is 32.6 Å². The minimum absolute atomic E-state index is 0.120. The van der Waals surface area contributed by atoms with E-state index in [1.807, 2.05) is 32.0 Å². The van der Waals surface area contributed by atoms with Gasteiger partial charge in [0.15, 0.2) is 11.5 Å². The van der Waals surface area contributed by atoms with Crippen LogP contribution in [0.1, 0.15) is 36.2 Å². The third-order valence-electron chi connectivity index (χ3n) is 3.94. The molecule has 2 amide bonds. The van der Waals surface area contributed by atoms with Crippen molar-refractivity contribution in [3.05, 3.63) is 59.7 Å². The predicted octanol–water partition coefficient (Wildman–Crippen LogP) is 4.23. The van der Waals surface area contributed by atoms with Crippen LogP contribution >= 0.6 is 0 Å². The molecule has 0 atom stereocenters. The Kier molecular flexibility index (Phi) is 8.27. The summed E-state index contributed by atoms with van der Waals surface area (Å²) in [6.45, 7) is 5.10. The van der Waals surface area contributed by atoms with Crippen molar-refractivity contribution < 1.29 is 19.1 Å². The average molecular weight is 396 g/mol. The van der Waals surface area contributed by atoms with Crippen LogP contribution < -0.4 is 14.8 Å². The summed E-state index contributed by atoms with van der Waals surface area (Å²) >= 11 is 0. The molecule has 6 heteroatoms. The molecule has 2 aromatic rings. The molecule has 2 aromatic carbocycles. The summed E-state index contributed by atoms with van der Waals surface area (Å²) in [4.78, 5) is 25.8. The number of nitrogens with one attached hydrogen (secondary N) is 1. The first-order valence-corrected chi connectivity index (χ1v) is 9.65. The van der Waals surface area contributed by atoms with Crippen molar-refractivity contribution in [1.29, 1.82) is 0 Å². The van der Waals surface area contributed by atoms with Gasteiger partial charge in [-0.1, -0.05) is 19.1 Å². The smallest absolute Gasteiger partial charge is 0.253 e. The lowest BCUT2D eigenvalue weighted by atomic mass is 10.1. The van der Waals surface area contributed by atoms with Crippen LogP contribution in [0.4, 0.5) is 5.69 Å². The Bertz CT molecular complexity index is 875. The molecule has 0 radical (unpaired) electrons. The monoisotopic (exact) mass is 396 g/mol. The maximum absolute atomic E-state index is 12.3. The van der Waals surface area contributed by atoms with Crippen LogP contribution in [0.3, 0.4) is 0 Å². The summed E-state index contributed by atoms with van der Waals surface area (Å²) in [5.74, 6) is 0.935. The average Bonchev–Trinajstić information content (AvgIpc) is 2.71. The number of carbonyl (C=O) groups excluding carboxylic acids is 2. The number of hydrogen-bond donors (Lipinski definition) is 1. The molecule has 0 bridgehead atoms. The molecule has 154 valence electrons. The van der Waals surface area contributed by atoms with Gasteiger partial charge in [-0.2, -0.15) is 0 Å². The fourth-order valence-electron chi connectivity index (χ4n) is 2.57. The van der Waals surface area contributed by atoms with E-state index in [1.54, 1.807) is 44.4 Å². The van der Waals surface area contributed by atoms with Crippen LogP contribution in [0.25, 0.3) is 6.08 Å². The van der Waals surface area contributed by atoms with E-state index in [0.717, 1.165) is 12.0 Å². The van der Waals surface area contributed by atoms with Gasteiger partial charge in [-0.05, 0) is 55.3 Å². The fraction of sp³-hybridized carbons (Fsp3) is 0.304. The largest absolute Gasteiger partial charge is 0.490 e. The Balaban J connectivity index is 2.08. The van der Waals surface area contributed by atoms with Gasteiger partial charge in [-0.25, -0.2) is 0 Å². The molecule has 0 aromatic heterocycles. The van der Waals surface area contributed by atoms with E-state index in [2.05, 4.69) is 5.32 Å². The molecule has 1 N–H and O–H groups in total. The Hall–Kier alpha value is -3.28. The Morgan fingerprint density at radius 1 is 1.03 bits per heavy atom. The summed E-state index contributed by atoms with van der Waals surface area (Å²) in [6, 6.07) is 12.4. The van der Waals surface area contributed by atoms with Gasteiger partial charge in [0.05, 0.1) is 13.2 Å². The minimum atomic E-state index is -0.288. The molecule has 29 heavy (non-hydrogen) atoms. The van der Waals surface area contributed by atoms with Gasteiger partial charge in [0, 0.05) is 31.4 Å². The highest BCUT2D eigenvalue weighted by atomic mass is 16.5. The lowest BCUT2D eigenvalue weighted by molar-refractivity contribution is -0.111. The van der Waals surface area contributed by atoms with Gasteiger partial charge in [-0.15, -0.1) is 0 Å². The van der Waals surface area contributed by atoms with Crippen molar-refractivity contribution in [1.82, 2.24) is 4.90 Å². The van der Waals surface area contributed by atoms with Gasteiger partial charge in [-0.3, -0.25) is 9.59 Å². The van der Waals surface area contributed by atoms with Crippen LogP contribution in [-0.2, 0) is 4.79 Å². The molecule has 0 aliphatic rings. The maximum Gasteiger partial charge on any atom is 0.253 e. The molecule has 0 heterocycles. The molecule has 0 spiro atoms. The highest BCUT2D eigenvalue weighted by Gasteiger charge is 2.09. The third-order valence-corrected chi connectivity index (χ3v) is 3.94. The Morgan fingerprint density at radius 3 is 2.52 bits per heavy atom. The van der Waals surface area contributed by atoms with E-state index in [4.69, 9.17) is 9.47 Å². The van der Waals surface area contributed by atoms with Crippen LogP contribution in [0.5, 0.6) is 11.5 Å². The normalized spacial score (nSPS) is 10.6. The Morgan fingerprint density at radius 2 is 1.83 bits per heavy atom. The van der Waals surface area contributed by atoms with Crippen LogP contribution in [0.15, 0.2) is 48.5 Å². The standard InChI is InChI=1S/C23H28N2O4/c1-5-14-29-20-12-10-17(15-21(20)28-6-2)11-13-22(26)24-19-9-7-8-18(16-19)23(27)25(3)4/h7-13,15-16H,5-6,14H2,1-4H3,(H,24,26)/b13-11+. The van der Waals surface area contributed by atoms with Crippen molar-refractivity contribution in [3.63, 3.8) is 0 Å². The van der Waals surface area contributed by atoms with E-state index < -0.39 is 0 Å². The molecular formula is C23H28N2O4. The highest BCUT2D eigenvalue weighted by molar-refractivity contribution is 6.03. The lowest BCUT2D eigenvalue weighted by Crippen LogP contribution is -2.21. The number of anilines is 1. The van der Waals surface area contributed by atoms with Gasteiger partial charge >= 0.3 is 0 Å². The van der Waals surface area contributed by atoms with Gasteiger partial charge in [0.2, 0.25) is 5.91 Å². The third kappa shape index (κ3) is 6.68. The zero-order chi connectivity index (χ0) is 21.2. The van der Waals surface area contributed by atoms with Gasteiger partial charge in [0.1, 0.15) is 0 Å². The molecular weight excluding hydrogens is 368 g/mol. The number of amides is 2. The van der Waals surface area contributed by atoms with Crippen LogP contribution in [0.2, 0.25) is 0 Å². The molecule has 0 saturated heterocycles. The first-order chi connectivity index (χ1) is 13.9. The molecule has 0 aliphatic carbocycles. The van der Waals surface area contributed by atoms with E-state index in [0.29, 0.717) is 36.0 Å². The fourth-order valence-corrected chi connectivity index (χ4v) is 2.57. The van der Waals surface area contributed by atoms with Gasteiger partial charge in [0.25, 0.3) is 5.91 Å². The van der Waals surface area contributed by atoms with Crippen LogP contribution in [-0.4, -0.2) is 44.0 Å². The van der Waals surface area contributed by atoms with Gasteiger partial charge < -0.3 is 19.7 Å². The molecule has 2 rings (SSSR count). The quantitative estimate of drug-likeness (QED) is 0.644. The number of carbonyl (C=O) groups is 2. The van der Waals surface area contributed by atoms with Crippen molar-refractivity contribution in [2.45, 2.75) is 20.3 Å². The number of rotatable bonds is 9. The van der Waals surface area contributed by atoms with E-state index in [1.165, 1.54) is 11.0 Å². The first-order valence-electron chi connectivity index (χ1n) is 9.65. The molecule has 0 saturated carbocycles. The number of nitrogens with zero attached hydrogens (tertiary/aromatic N) is 1. The SMILES string of the molecule is CCCOc1ccc(/C=C/C(=O)Nc2cccc(C(=O)N(C)C)c2)cc1OCC. The number of hydrogen-bond acceptors (Lipinski definition) is 4. The lowest BCUT2D eigenvalue weighted by Gasteiger charge is -2.12. The highest BCUT2D eigenvalue weighted by Crippen LogP contribution is 2.29. The second kappa shape index (κ2) is 10.9. The van der Waals surface area contributed by atoms with E-state index in [-0.39, 0.29) is 11.8 Å². The summed E-state index contributed by atoms with van der Waals surface area (Å²) in [7, 11) is 3.37. The topological polar surface area (TPSA) is 67.9 Å². The molecule has 6 nitrogen and oxygen atoms in total. The molecule has 0 unspecified atom stereocenters. The second-order valence-electron chi connectivity index (χ2n) is 6.59. The van der Waals surface area contributed by atoms with Crippen LogP contribution in [0, 0.1) is 0 Å². The second-order valence-corrected chi connectivity index (χ2v) is 6.59. The number of ether oxygens (including phenoxy) is 2. The number of benzene rings is 2. The summed E-state index contributed by atoms with van der Waals surface area (Å²) in [5, 5.41) is 2.77. The molecule has 0 aliphatic heterocycles. The minimum Gasteiger partial charge on any atom is -0.490 e. The van der Waals surface area contributed by atoms with Crippen molar-refractivity contribution in [2.24, 2.45) is 0 Å². The van der Waals surface area contributed by atoms with E-state index >= 15 is 0 Å². The zero-order valence-corrected chi connectivity index (χ0v) is 17.4. The summed E-state index contributed by atoms with van der Waals surface area (Å²) < 4.78 is 11.3. The van der Waals surface area contributed by atoms with Crippen molar-refractivity contribution >= 4 is 23.6 Å². The predicted molar refractivity (Wildman–Crippen MR) is 116 cm³/mol. The summed E-state index contributed by atoms with van der Waals surface area (Å²) in [6.07, 6.45) is 4.06. The molecule has 0 fully saturated rings. The Labute approximate surface area is 172 Å². The first kappa shape index (κ1) is 22.0. The maximum atomic E-state index is 12.3. The summed E-state index contributed by atoms with van der Waals surface area (Å²) in [5.41, 5.74) is 1.90. The van der Waals surface area contributed by atoms with Crippen molar-refractivity contribution in [3.8, 4) is 11.5 Å². The zero-order valence-electron chi connectivity index (χ0n) is 17.4. The van der Waals surface area contributed by atoms with E-state index in [9.17, 15) is 9.59 Å².